The highest BCUT2D eigenvalue weighted by Crippen LogP contribution is 2.27. The van der Waals surface area contributed by atoms with E-state index < -0.39 is 6.10 Å². The summed E-state index contributed by atoms with van der Waals surface area (Å²) < 4.78 is 5.60. The van der Waals surface area contributed by atoms with Crippen molar-refractivity contribution in [2.75, 3.05) is 18.4 Å². The SMILES string of the molecule is CC1CCCCN1C(=O)c1ccc(NC(=O)[C@@H]2CC[C@H](CN)O2)cc1Cl. The van der Waals surface area contributed by atoms with Gasteiger partial charge in [-0.1, -0.05) is 11.6 Å². The molecule has 142 valence electrons. The van der Waals surface area contributed by atoms with E-state index in [-0.39, 0.29) is 24.0 Å². The molecule has 3 atom stereocenters. The molecule has 7 heteroatoms. The third kappa shape index (κ3) is 4.19. The number of rotatable bonds is 4. The molecule has 3 rings (SSSR count). The van der Waals surface area contributed by atoms with E-state index in [4.69, 9.17) is 22.1 Å². The first-order valence-corrected chi connectivity index (χ1v) is 9.64. The van der Waals surface area contributed by atoms with Crippen LogP contribution in [0, 0.1) is 0 Å². The number of nitrogens with one attached hydrogen (secondary N) is 1. The van der Waals surface area contributed by atoms with Gasteiger partial charge in [0.05, 0.1) is 16.7 Å². The Bertz CT molecular complexity index is 682. The molecule has 2 amide bonds. The summed E-state index contributed by atoms with van der Waals surface area (Å²) in [5.74, 6) is -0.259. The largest absolute Gasteiger partial charge is 0.364 e. The number of carbonyl (C=O) groups excluding carboxylic acids is 2. The normalized spacial score (nSPS) is 26.0. The van der Waals surface area contributed by atoms with Crippen LogP contribution in [-0.4, -0.2) is 48.1 Å². The Morgan fingerprint density at radius 3 is 2.77 bits per heavy atom. The van der Waals surface area contributed by atoms with E-state index in [9.17, 15) is 9.59 Å². The molecule has 3 N–H and O–H groups in total. The van der Waals surface area contributed by atoms with Gasteiger partial charge in [0.1, 0.15) is 6.10 Å². The Morgan fingerprint density at radius 2 is 2.12 bits per heavy atom. The predicted molar refractivity (Wildman–Crippen MR) is 101 cm³/mol. The molecule has 1 aromatic carbocycles. The molecule has 1 unspecified atom stereocenters. The van der Waals surface area contributed by atoms with Crippen LogP contribution in [0.15, 0.2) is 18.2 Å². The van der Waals surface area contributed by atoms with Crippen LogP contribution < -0.4 is 11.1 Å². The smallest absolute Gasteiger partial charge is 0.255 e. The van der Waals surface area contributed by atoms with Crippen LogP contribution in [0.1, 0.15) is 49.4 Å². The van der Waals surface area contributed by atoms with Crippen LogP contribution >= 0.6 is 11.6 Å². The van der Waals surface area contributed by atoms with Gasteiger partial charge in [0.25, 0.3) is 11.8 Å². The van der Waals surface area contributed by atoms with Crippen molar-refractivity contribution in [3.05, 3.63) is 28.8 Å². The van der Waals surface area contributed by atoms with Gasteiger partial charge >= 0.3 is 0 Å². The highest BCUT2D eigenvalue weighted by Gasteiger charge is 2.30. The van der Waals surface area contributed by atoms with Crippen molar-refractivity contribution in [3.63, 3.8) is 0 Å². The second-order valence-electron chi connectivity index (χ2n) is 7.09. The van der Waals surface area contributed by atoms with Gasteiger partial charge in [-0.05, 0) is 57.2 Å². The zero-order valence-corrected chi connectivity index (χ0v) is 15.8. The lowest BCUT2D eigenvalue weighted by molar-refractivity contribution is -0.126. The van der Waals surface area contributed by atoms with Gasteiger partial charge in [-0.25, -0.2) is 0 Å². The molecule has 2 fully saturated rings. The van der Waals surface area contributed by atoms with E-state index >= 15 is 0 Å². The van der Waals surface area contributed by atoms with Crippen molar-refractivity contribution in [3.8, 4) is 0 Å². The van der Waals surface area contributed by atoms with Gasteiger partial charge in [-0.3, -0.25) is 9.59 Å². The number of benzene rings is 1. The molecule has 6 nitrogen and oxygen atoms in total. The second kappa shape index (κ2) is 8.37. The molecular weight excluding hydrogens is 354 g/mol. The first kappa shape index (κ1) is 19.1. The molecule has 2 saturated heterocycles. The minimum atomic E-state index is -0.488. The fraction of sp³-hybridized carbons (Fsp3) is 0.579. The molecular formula is C19H26ClN3O3. The van der Waals surface area contributed by atoms with E-state index in [1.807, 2.05) is 4.90 Å². The summed E-state index contributed by atoms with van der Waals surface area (Å²) in [5, 5.41) is 3.15. The van der Waals surface area contributed by atoms with E-state index in [1.165, 1.54) is 0 Å². The quantitative estimate of drug-likeness (QED) is 0.842. The number of amides is 2. The number of anilines is 1. The second-order valence-corrected chi connectivity index (χ2v) is 7.49. The maximum Gasteiger partial charge on any atom is 0.255 e. The molecule has 0 saturated carbocycles. The minimum absolute atomic E-state index is 0.0509. The molecule has 0 spiro atoms. The average Bonchev–Trinajstić information content (AvgIpc) is 3.11. The molecule has 1 aromatic rings. The number of hydrogen-bond acceptors (Lipinski definition) is 4. The number of nitrogens with zero attached hydrogens (tertiary/aromatic N) is 1. The van der Waals surface area contributed by atoms with Gasteiger partial charge in [0, 0.05) is 24.8 Å². The number of likely N-dealkylation sites (tertiary alicyclic amines) is 1. The van der Waals surface area contributed by atoms with E-state index in [0.29, 0.717) is 29.2 Å². The summed E-state index contributed by atoms with van der Waals surface area (Å²) in [6.45, 7) is 3.24. The van der Waals surface area contributed by atoms with Gasteiger partial charge < -0.3 is 20.7 Å². The van der Waals surface area contributed by atoms with Crippen molar-refractivity contribution in [1.82, 2.24) is 4.90 Å². The van der Waals surface area contributed by atoms with Gasteiger partial charge in [-0.15, -0.1) is 0 Å². The molecule has 0 aromatic heterocycles. The van der Waals surface area contributed by atoms with Crippen LogP contribution in [0.25, 0.3) is 0 Å². The zero-order valence-electron chi connectivity index (χ0n) is 15.0. The third-order valence-corrected chi connectivity index (χ3v) is 5.51. The average molecular weight is 380 g/mol. The Balaban J connectivity index is 1.65. The number of halogens is 1. The Morgan fingerprint density at radius 1 is 1.31 bits per heavy atom. The van der Waals surface area contributed by atoms with Gasteiger partial charge in [0.15, 0.2) is 0 Å². The summed E-state index contributed by atoms with van der Waals surface area (Å²) in [5.41, 5.74) is 6.60. The number of hydrogen-bond donors (Lipinski definition) is 2. The molecule has 0 radical (unpaired) electrons. The third-order valence-electron chi connectivity index (χ3n) is 5.19. The molecule has 2 aliphatic heterocycles. The van der Waals surface area contributed by atoms with E-state index in [2.05, 4.69) is 12.2 Å². The Kier molecular flexibility index (Phi) is 6.16. The van der Waals surface area contributed by atoms with Crippen molar-refractivity contribution in [1.29, 1.82) is 0 Å². The molecule has 2 heterocycles. The zero-order chi connectivity index (χ0) is 18.7. The fourth-order valence-electron chi connectivity index (χ4n) is 3.62. The van der Waals surface area contributed by atoms with Gasteiger partial charge in [-0.2, -0.15) is 0 Å². The summed E-state index contributed by atoms with van der Waals surface area (Å²) >= 11 is 6.33. The number of ether oxygens (including phenoxy) is 1. The van der Waals surface area contributed by atoms with Crippen molar-refractivity contribution >= 4 is 29.1 Å². The predicted octanol–water partition coefficient (Wildman–Crippen LogP) is 2.80. The lowest BCUT2D eigenvalue weighted by Gasteiger charge is -2.33. The molecule has 0 bridgehead atoms. The molecule has 0 aliphatic carbocycles. The monoisotopic (exact) mass is 379 g/mol. The first-order chi connectivity index (χ1) is 12.5. The fourth-order valence-corrected chi connectivity index (χ4v) is 3.88. The van der Waals surface area contributed by atoms with Gasteiger partial charge in [0.2, 0.25) is 0 Å². The van der Waals surface area contributed by atoms with Crippen molar-refractivity contribution in [2.45, 2.75) is 57.3 Å². The van der Waals surface area contributed by atoms with Crippen LogP contribution in [-0.2, 0) is 9.53 Å². The van der Waals surface area contributed by atoms with Crippen LogP contribution in [0.4, 0.5) is 5.69 Å². The highest BCUT2D eigenvalue weighted by atomic mass is 35.5. The van der Waals surface area contributed by atoms with Crippen molar-refractivity contribution in [2.24, 2.45) is 5.73 Å². The first-order valence-electron chi connectivity index (χ1n) is 9.26. The summed E-state index contributed by atoms with van der Waals surface area (Å²) in [7, 11) is 0. The van der Waals surface area contributed by atoms with Crippen molar-refractivity contribution < 1.29 is 14.3 Å². The standard InChI is InChI=1S/C19H26ClN3O3/c1-12-4-2-3-9-23(12)19(25)15-7-5-13(10-16(15)20)22-18(24)17-8-6-14(11-21)26-17/h5,7,10,12,14,17H,2-4,6,8-9,11,21H2,1H3,(H,22,24)/t12?,14-,17+/m1/s1. The number of nitrogens with two attached hydrogens (primary N) is 1. The van der Waals surface area contributed by atoms with Crippen LogP contribution in [0.2, 0.25) is 5.02 Å². The highest BCUT2D eigenvalue weighted by molar-refractivity contribution is 6.34. The lowest BCUT2D eigenvalue weighted by atomic mass is 10.0. The Labute approximate surface area is 159 Å². The van der Waals surface area contributed by atoms with E-state index in [0.717, 1.165) is 32.2 Å². The lowest BCUT2D eigenvalue weighted by Crippen LogP contribution is -2.42. The maximum atomic E-state index is 12.8. The number of carbonyl (C=O) groups is 2. The summed E-state index contributed by atoms with van der Waals surface area (Å²) in [6, 6.07) is 5.24. The topological polar surface area (TPSA) is 84.7 Å². The maximum absolute atomic E-state index is 12.8. The van der Waals surface area contributed by atoms with Crippen LogP contribution in [0.5, 0.6) is 0 Å². The molecule has 26 heavy (non-hydrogen) atoms. The molecule has 2 aliphatic rings. The number of piperidine rings is 1. The summed E-state index contributed by atoms with van der Waals surface area (Å²) in [4.78, 5) is 26.9. The Hall–Kier alpha value is -1.63. The minimum Gasteiger partial charge on any atom is -0.364 e. The van der Waals surface area contributed by atoms with Crippen LogP contribution in [0.3, 0.4) is 0 Å². The summed E-state index contributed by atoms with van der Waals surface area (Å²) in [6.07, 6.45) is 4.09. The van der Waals surface area contributed by atoms with E-state index in [1.54, 1.807) is 18.2 Å².